The number of nitrogens with zero attached hydrogens (tertiary/aromatic N) is 1. The Morgan fingerprint density at radius 2 is 2.28 bits per heavy atom. The van der Waals surface area contributed by atoms with Crippen LogP contribution < -0.4 is 0 Å². The van der Waals surface area contributed by atoms with Crippen LogP contribution in [0.5, 0.6) is 0 Å². The molecule has 1 amide bonds. The number of hydrogen-bond donors (Lipinski definition) is 0. The van der Waals surface area contributed by atoms with Crippen LogP contribution in [0, 0.1) is 0 Å². The number of ether oxygens (including phenoxy) is 1. The molecule has 0 saturated carbocycles. The molecule has 0 N–H and O–H groups in total. The molecule has 0 fully saturated rings. The fourth-order valence-electron chi connectivity index (χ4n) is 1.98. The summed E-state index contributed by atoms with van der Waals surface area (Å²) in [6.45, 7) is 1.75. The van der Waals surface area contributed by atoms with Crippen LogP contribution in [0.4, 0.5) is 0 Å². The summed E-state index contributed by atoms with van der Waals surface area (Å²) in [5, 5.41) is 0. The highest BCUT2D eigenvalue weighted by Crippen LogP contribution is 2.33. The molecule has 0 radical (unpaired) electrons. The third kappa shape index (κ3) is 2.10. The summed E-state index contributed by atoms with van der Waals surface area (Å²) >= 11 is 1.69. The summed E-state index contributed by atoms with van der Waals surface area (Å²) in [5.41, 5.74) is 1.45. The van der Waals surface area contributed by atoms with Gasteiger partial charge in [0.2, 0.25) is 0 Å². The molecular weight excluding hydrogens is 250 g/mol. The molecule has 96 valence electrons. The second-order valence-electron chi connectivity index (χ2n) is 4.12. The SMILES string of the molecule is COC(=O)C1=C(C)N(C)C(=O)/C1=C\C1=CCCS1. The van der Waals surface area contributed by atoms with E-state index in [0.717, 1.165) is 17.1 Å². The Morgan fingerprint density at radius 3 is 2.83 bits per heavy atom. The van der Waals surface area contributed by atoms with E-state index in [1.807, 2.05) is 0 Å². The number of amides is 1. The van der Waals surface area contributed by atoms with E-state index in [9.17, 15) is 9.59 Å². The smallest absolute Gasteiger partial charge is 0.340 e. The molecule has 0 aromatic carbocycles. The molecule has 0 spiro atoms. The van der Waals surface area contributed by atoms with Crippen molar-refractivity contribution in [2.75, 3.05) is 19.9 Å². The summed E-state index contributed by atoms with van der Waals surface area (Å²) in [6, 6.07) is 0. The van der Waals surface area contributed by atoms with E-state index in [1.54, 1.807) is 31.8 Å². The molecule has 0 bridgehead atoms. The van der Waals surface area contributed by atoms with Crippen LogP contribution >= 0.6 is 11.8 Å². The number of carbonyl (C=O) groups is 2. The predicted octanol–water partition coefficient (Wildman–Crippen LogP) is 1.85. The third-order valence-electron chi connectivity index (χ3n) is 3.08. The zero-order valence-corrected chi connectivity index (χ0v) is 11.5. The second kappa shape index (κ2) is 5.02. The van der Waals surface area contributed by atoms with Crippen molar-refractivity contribution >= 4 is 23.6 Å². The fourth-order valence-corrected chi connectivity index (χ4v) is 2.88. The Balaban J connectivity index is 2.44. The molecule has 0 aromatic rings. The van der Waals surface area contributed by atoms with Crippen molar-refractivity contribution < 1.29 is 14.3 Å². The lowest BCUT2D eigenvalue weighted by atomic mass is 10.1. The molecule has 2 aliphatic heterocycles. The number of hydrogen-bond acceptors (Lipinski definition) is 4. The topological polar surface area (TPSA) is 46.6 Å². The van der Waals surface area contributed by atoms with Gasteiger partial charge in [0.1, 0.15) is 0 Å². The maximum absolute atomic E-state index is 12.1. The molecule has 4 nitrogen and oxygen atoms in total. The van der Waals surface area contributed by atoms with E-state index >= 15 is 0 Å². The minimum Gasteiger partial charge on any atom is -0.465 e. The highest BCUT2D eigenvalue weighted by Gasteiger charge is 2.35. The zero-order chi connectivity index (χ0) is 13.3. The van der Waals surface area contributed by atoms with Crippen molar-refractivity contribution in [3.63, 3.8) is 0 Å². The zero-order valence-electron chi connectivity index (χ0n) is 10.6. The van der Waals surface area contributed by atoms with Crippen molar-refractivity contribution in [3.05, 3.63) is 33.9 Å². The Labute approximate surface area is 110 Å². The summed E-state index contributed by atoms with van der Waals surface area (Å²) in [6.07, 6.45) is 4.87. The van der Waals surface area contributed by atoms with Gasteiger partial charge in [-0.3, -0.25) is 4.79 Å². The molecule has 0 atom stereocenters. The van der Waals surface area contributed by atoms with Crippen LogP contribution in [-0.4, -0.2) is 36.7 Å². The average Bonchev–Trinajstić information content (AvgIpc) is 2.94. The molecule has 2 aliphatic rings. The summed E-state index contributed by atoms with van der Waals surface area (Å²) in [4.78, 5) is 26.4. The number of esters is 1. The lowest BCUT2D eigenvalue weighted by Gasteiger charge is -2.08. The van der Waals surface area contributed by atoms with Gasteiger partial charge in [0, 0.05) is 23.4 Å². The number of likely N-dealkylation sites (N-methyl/N-ethyl adjacent to an activating group) is 1. The number of allylic oxidation sites excluding steroid dienone is 3. The van der Waals surface area contributed by atoms with Gasteiger partial charge in [-0.15, -0.1) is 11.8 Å². The maximum Gasteiger partial charge on any atom is 0.340 e. The highest BCUT2D eigenvalue weighted by atomic mass is 32.2. The van der Waals surface area contributed by atoms with Crippen molar-refractivity contribution in [3.8, 4) is 0 Å². The van der Waals surface area contributed by atoms with Crippen molar-refractivity contribution in [2.24, 2.45) is 0 Å². The normalized spacial score (nSPS) is 21.9. The first-order chi connectivity index (χ1) is 8.56. The van der Waals surface area contributed by atoms with Crippen LogP contribution in [0.2, 0.25) is 0 Å². The number of carbonyl (C=O) groups excluding carboxylic acids is 2. The van der Waals surface area contributed by atoms with E-state index in [-0.39, 0.29) is 5.91 Å². The highest BCUT2D eigenvalue weighted by molar-refractivity contribution is 8.03. The summed E-state index contributed by atoms with van der Waals surface area (Å²) < 4.78 is 4.75. The number of methoxy groups -OCH3 is 1. The van der Waals surface area contributed by atoms with Crippen molar-refractivity contribution in [1.29, 1.82) is 0 Å². The van der Waals surface area contributed by atoms with Crippen molar-refractivity contribution in [1.82, 2.24) is 4.90 Å². The van der Waals surface area contributed by atoms with Gasteiger partial charge in [-0.05, 0) is 19.4 Å². The van der Waals surface area contributed by atoms with Crippen LogP contribution in [0.15, 0.2) is 33.9 Å². The van der Waals surface area contributed by atoms with Gasteiger partial charge in [-0.2, -0.15) is 0 Å². The summed E-state index contributed by atoms with van der Waals surface area (Å²) in [5.74, 6) is 0.417. The quantitative estimate of drug-likeness (QED) is 0.565. The van der Waals surface area contributed by atoms with Gasteiger partial charge < -0.3 is 9.64 Å². The van der Waals surface area contributed by atoms with Crippen LogP contribution in [0.3, 0.4) is 0 Å². The standard InChI is InChI=1S/C13H15NO3S/c1-8-11(13(16)17-3)10(12(15)14(8)2)7-9-5-4-6-18-9/h5,7H,4,6H2,1-3H3/b10-7-. The Hall–Kier alpha value is -1.49. The van der Waals surface area contributed by atoms with Crippen LogP contribution in [-0.2, 0) is 14.3 Å². The van der Waals surface area contributed by atoms with E-state index in [1.165, 1.54) is 12.0 Å². The van der Waals surface area contributed by atoms with Gasteiger partial charge in [-0.1, -0.05) is 6.08 Å². The average molecular weight is 265 g/mol. The molecule has 0 unspecified atom stereocenters. The van der Waals surface area contributed by atoms with Gasteiger partial charge in [0.15, 0.2) is 0 Å². The molecular formula is C13H15NO3S. The first-order valence-electron chi connectivity index (χ1n) is 5.68. The largest absolute Gasteiger partial charge is 0.465 e. The minimum absolute atomic E-state index is 0.152. The second-order valence-corrected chi connectivity index (χ2v) is 5.29. The molecule has 2 rings (SSSR count). The lowest BCUT2D eigenvalue weighted by Crippen LogP contribution is -2.19. The van der Waals surface area contributed by atoms with Crippen LogP contribution in [0.25, 0.3) is 0 Å². The monoisotopic (exact) mass is 265 g/mol. The summed E-state index contributed by atoms with van der Waals surface area (Å²) in [7, 11) is 2.99. The van der Waals surface area contributed by atoms with Gasteiger partial charge >= 0.3 is 5.97 Å². The third-order valence-corrected chi connectivity index (χ3v) is 4.14. The van der Waals surface area contributed by atoms with Crippen LogP contribution in [0.1, 0.15) is 13.3 Å². The van der Waals surface area contributed by atoms with E-state index < -0.39 is 5.97 Å². The first kappa shape index (κ1) is 13.0. The van der Waals surface area contributed by atoms with Gasteiger partial charge in [0.05, 0.1) is 18.3 Å². The molecule has 0 saturated heterocycles. The van der Waals surface area contributed by atoms with E-state index in [2.05, 4.69) is 6.08 Å². The van der Waals surface area contributed by atoms with Gasteiger partial charge in [0.25, 0.3) is 5.91 Å². The Kier molecular flexibility index (Phi) is 3.61. The molecule has 0 aromatic heterocycles. The number of rotatable bonds is 2. The Bertz CT molecular complexity index is 502. The Morgan fingerprint density at radius 1 is 1.56 bits per heavy atom. The molecule has 2 heterocycles. The molecule has 0 aliphatic carbocycles. The maximum atomic E-state index is 12.1. The van der Waals surface area contributed by atoms with E-state index in [0.29, 0.717) is 16.8 Å². The predicted molar refractivity (Wildman–Crippen MR) is 70.7 cm³/mol. The number of thioether (sulfide) groups is 1. The lowest BCUT2D eigenvalue weighted by molar-refractivity contribution is -0.136. The molecule has 18 heavy (non-hydrogen) atoms. The minimum atomic E-state index is -0.458. The first-order valence-corrected chi connectivity index (χ1v) is 6.67. The van der Waals surface area contributed by atoms with Crippen molar-refractivity contribution in [2.45, 2.75) is 13.3 Å². The molecule has 5 heteroatoms. The van der Waals surface area contributed by atoms with Gasteiger partial charge in [-0.25, -0.2) is 4.79 Å². The fraction of sp³-hybridized carbons (Fsp3) is 0.385. The van der Waals surface area contributed by atoms with E-state index in [4.69, 9.17) is 4.74 Å².